The van der Waals surface area contributed by atoms with Crippen molar-refractivity contribution >= 4 is 11.6 Å². The minimum absolute atomic E-state index is 0.182. The van der Waals surface area contributed by atoms with Gasteiger partial charge in [0.1, 0.15) is 0 Å². The van der Waals surface area contributed by atoms with Crippen molar-refractivity contribution in [3.63, 3.8) is 0 Å². The van der Waals surface area contributed by atoms with E-state index >= 15 is 0 Å². The number of rotatable bonds is 3. The van der Waals surface area contributed by atoms with E-state index in [1.807, 2.05) is 19.1 Å². The van der Waals surface area contributed by atoms with Crippen LogP contribution in [-0.4, -0.2) is 15.6 Å². The Bertz CT molecular complexity index is 233. The van der Waals surface area contributed by atoms with E-state index < -0.39 is 0 Å². The van der Waals surface area contributed by atoms with Crippen molar-refractivity contribution in [2.24, 2.45) is 0 Å². The maximum atomic E-state index is 5.97. The molecule has 3 heteroatoms. The van der Waals surface area contributed by atoms with E-state index in [0.29, 0.717) is 0 Å². The van der Waals surface area contributed by atoms with Gasteiger partial charge < -0.3 is 0 Å². The molecule has 0 aromatic carbocycles. The molecule has 1 atom stereocenters. The highest BCUT2D eigenvalue weighted by Gasteiger charge is 2.03. The van der Waals surface area contributed by atoms with Crippen LogP contribution in [0.4, 0.5) is 0 Å². The molecule has 0 radical (unpaired) electrons. The molecule has 0 amide bonds. The van der Waals surface area contributed by atoms with Gasteiger partial charge in [-0.15, -0.1) is 11.6 Å². The predicted molar refractivity (Wildman–Crippen MR) is 50.4 cm³/mol. The molecule has 0 fully saturated rings. The lowest BCUT2D eigenvalue weighted by molar-refractivity contribution is 0.764. The number of halogens is 1. The Kier molecular flexibility index (Phi) is 3.48. The van der Waals surface area contributed by atoms with Gasteiger partial charge in [-0.05, 0) is 25.5 Å². The number of aryl methyl sites for hydroxylation is 1. The first-order valence-electron chi connectivity index (χ1n) is 4.15. The minimum Gasteiger partial charge on any atom is -0.156 e. The minimum atomic E-state index is 0.182. The molecule has 0 spiro atoms. The van der Waals surface area contributed by atoms with Crippen molar-refractivity contribution in [2.45, 2.75) is 32.1 Å². The Labute approximate surface area is 78.0 Å². The summed E-state index contributed by atoms with van der Waals surface area (Å²) >= 11 is 5.97. The molecule has 1 aromatic heterocycles. The second-order valence-corrected chi connectivity index (χ2v) is 3.49. The first kappa shape index (κ1) is 9.46. The van der Waals surface area contributed by atoms with Crippen LogP contribution in [0.2, 0.25) is 0 Å². The molecule has 2 nitrogen and oxygen atoms in total. The van der Waals surface area contributed by atoms with E-state index in [-0.39, 0.29) is 5.38 Å². The highest BCUT2D eigenvalue weighted by molar-refractivity contribution is 6.20. The van der Waals surface area contributed by atoms with Crippen molar-refractivity contribution in [2.75, 3.05) is 0 Å². The second kappa shape index (κ2) is 4.41. The van der Waals surface area contributed by atoms with Gasteiger partial charge in [0, 0.05) is 11.8 Å². The Morgan fingerprint density at radius 2 is 2.17 bits per heavy atom. The molecule has 1 rings (SSSR count). The summed E-state index contributed by atoms with van der Waals surface area (Å²) in [6, 6.07) is 3.94. The smallest absolute Gasteiger partial charge is 0.0646 e. The summed E-state index contributed by atoms with van der Waals surface area (Å²) in [6.45, 7) is 3.99. The molecule has 12 heavy (non-hydrogen) atoms. The Hall–Kier alpha value is -0.630. The van der Waals surface area contributed by atoms with Crippen LogP contribution >= 0.6 is 11.6 Å². The van der Waals surface area contributed by atoms with E-state index in [4.69, 9.17) is 11.6 Å². The lowest BCUT2D eigenvalue weighted by Gasteiger charge is -2.03. The van der Waals surface area contributed by atoms with Crippen LogP contribution in [0.25, 0.3) is 0 Å². The van der Waals surface area contributed by atoms with E-state index in [1.165, 1.54) is 0 Å². The Balaban J connectivity index is 2.58. The van der Waals surface area contributed by atoms with Crippen molar-refractivity contribution in [3.05, 3.63) is 23.5 Å². The zero-order chi connectivity index (χ0) is 8.97. The van der Waals surface area contributed by atoms with E-state index in [9.17, 15) is 0 Å². The molecule has 1 unspecified atom stereocenters. The third-order valence-electron chi connectivity index (χ3n) is 1.73. The highest BCUT2D eigenvalue weighted by atomic mass is 35.5. The predicted octanol–water partition coefficient (Wildman–Crippen LogP) is 2.34. The molecule has 0 bridgehead atoms. The van der Waals surface area contributed by atoms with Crippen molar-refractivity contribution in [1.29, 1.82) is 0 Å². The standard InChI is InChI=1S/C9H13ClN2/c1-3-8(10)6-9-5-4-7(2)11-12-9/h4-5,8H,3,6H2,1-2H3. The summed E-state index contributed by atoms with van der Waals surface area (Å²) in [5, 5.41) is 8.17. The van der Waals surface area contributed by atoms with E-state index in [0.717, 1.165) is 24.2 Å². The fraction of sp³-hybridized carbons (Fsp3) is 0.556. The molecular weight excluding hydrogens is 172 g/mol. The molecule has 0 saturated carbocycles. The molecule has 0 aliphatic heterocycles. The third kappa shape index (κ3) is 2.78. The lowest BCUT2D eigenvalue weighted by atomic mass is 10.2. The number of aromatic nitrogens is 2. The average molecular weight is 185 g/mol. The molecule has 0 aliphatic rings. The summed E-state index contributed by atoms with van der Waals surface area (Å²) in [5.74, 6) is 0. The van der Waals surface area contributed by atoms with Gasteiger partial charge in [-0.3, -0.25) is 0 Å². The molecule has 0 saturated heterocycles. The number of hydrogen-bond acceptors (Lipinski definition) is 2. The van der Waals surface area contributed by atoms with E-state index in [1.54, 1.807) is 0 Å². The SMILES string of the molecule is CCC(Cl)Cc1ccc(C)nn1. The number of alkyl halides is 1. The monoisotopic (exact) mass is 184 g/mol. The Morgan fingerprint density at radius 1 is 1.42 bits per heavy atom. The van der Waals surface area contributed by atoms with Crippen LogP contribution in [0.3, 0.4) is 0 Å². The molecule has 1 aromatic rings. The molecule has 0 aliphatic carbocycles. The topological polar surface area (TPSA) is 25.8 Å². The van der Waals surface area contributed by atoms with Gasteiger partial charge in [-0.25, -0.2) is 0 Å². The molecular formula is C9H13ClN2. The van der Waals surface area contributed by atoms with Gasteiger partial charge in [0.2, 0.25) is 0 Å². The molecule has 0 N–H and O–H groups in total. The van der Waals surface area contributed by atoms with Gasteiger partial charge in [0.15, 0.2) is 0 Å². The summed E-state index contributed by atoms with van der Waals surface area (Å²) in [7, 11) is 0. The Morgan fingerprint density at radius 3 is 2.67 bits per heavy atom. The number of hydrogen-bond donors (Lipinski definition) is 0. The summed E-state index contributed by atoms with van der Waals surface area (Å²) in [5.41, 5.74) is 1.92. The van der Waals surface area contributed by atoms with Gasteiger partial charge in [0.25, 0.3) is 0 Å². The van der Waals surface area contributed by atoms with Gasteiger partial charge in [-0.1, -0.05) is 6.92 Å². The first-order chi connectivity index (χ1) is 5.72. The van der Waals surface area contributed by atoms with Crippen LogP contribution in [0, 0.1) is 6.92 Å². The zero-order valence-electron chi connectivity index (χ0n) is 7.42. The van der Waals surface area contributed by atoms with Crippen LogP contribution in [0.5, 0.6) is 0 Å². The van der Waals surface area contributed by atoms with Crippen molar-refractivity contribution < 1.29 is 0 Å². The first-order valence-corrected chi connectivity index (χ1v) is 4.59. The third-order valence-corrected chi connectivity index (χ3v) is 2.19. The van der Waals surface area contributed by atoms with Gasteiger partial charge in [0.05, 0.1) is 11.4 Å². The second-order valence-electron chi connectivity index (χ2n) is 2.88. The van der Waals surface area contributed by atoms with Crippen LogP contribution in [-0.2, 0) is 6.42 Å². The molecule has 66 valence electrons. The van der Waals surface area contributed by atoms with Crippen LogP contribution < -0.4 is 0 Å². The summed E-state index contributed by atoms with van der Waals surface area (Å²) in [4.78, 5) is 0. The van der Waals surface area contributed by atoms with Crippen LogP contribution in [0.15, 0.2) is 12.1 Å². The maximum Gasteiger partial charge on any atom is 0.0646 e. The lowest BCUT2D eigenvalue weighted by Crippen LogP contribution is -2.04. The molecule has 1 heterocycles. The van der Waals surface area contributed by atoms with Crippen molar-refractivity contribution in [1.82, 2.24) is 10.2 Å². The largest absolute Gasteiger partial charge is 0.156 e. The van der Waals surface area contributed by atoms with Crippen LogP contribution in [0.1, 0.15) is 24.7 Å². The average Bonchev–Trinajstić information content (AvgIpc) is 2.09. The zero-order valence-corrected chi connectivity index (χ0v) is 8.17. The van der Waals surface area contributed by atoms with E-state index in [2.05, 4.69) is 17.1 Å². The summed E-state index contributed by atoms with van der Waals surface area (Å²) in [6.07, 6.45) is 1.78. The van der Waals surface area contributed by atoms with Crippen molar-refractivity contribution in [3.8, 4) is 0 Å². The number of nitrogens with zero attached hydrogens (tertiary/aromatic N) is 2. The maximum absolute atomic E-state index is 5.97. The highest BCUT2D eigenvalue weighted by Crippen LogP contribution is 2.08. The van der Waals surface area contributed by atoms with Gasteiger partial charge in [-0.2, -0.15) is 10.2 Å². The van der Waals surface area contributed by atoms with Gasteiger partial charge >= 0.3 is 0 Å². The quantitative estimate of drug-likeness (QED) is 0.674. The normalized spacial score (nSPS) is 12.9. The fourth-order valence-electron chi connectivity index (χ4n) is 0.907. The summed E-state index contributed by atoms with van der Waals surface area (Å²) < 4.78 is 0. The fourth-order valence-corrected chi connectivity index (χ4v) is 1.06.